The van der Waals surface area contributed by atoms with Gasteiger partial charge in [-0.15, -0.1) is 0 Å². The summed E-state index contributed by atoms with van der Waals surface area (Å²) >= 11 is 0. The smallest absolute Gasteiger partial charge is 0.0234 e. The Hall–Kier alpha value is -0.860. The monoisotopic (exact) mass is 260 g/mol. The highest BCUT2D eigenvalue weighted by Gasteiger charge is 2.18. The lowest BCUT2D eigenvalue weighted by molar-refractivity contribution is 0.190. The van der Waals surface area contributed by atoms with Crippen LogP contribution in [0.3, 0.4) is 0 Å². The first-order chi connectivity index (χ1) is 8.99. The first kappa shape index (κ1) is 14.5. The SMILES string of the molecule is CCC1CN(Cc2ccc(C(C)(C)C)cc2)CCN1. The minimum atomic E-state index is 0.251. The number of piperazine rings is 1. The molecule has 0 saturated carbocycles. The second kappa shape index (κ2) is 6.06. The molecule has 2 rings (SSSR count). The zero-order valence-electron chi connectivity index (χ0n) is 12.9. The fourth-order valence-corrected chi connectivity index (χ4v) is 2.68. The largest absolute Gasteiger partial charge is 0.311 e. The molecule has 0 amide bonds. The van der Waals surface area contributed by atoms with Crippen LogP contribution >= 0.6 is 0 Å². The lowest BCUT2D eigenvalue weighted by atomic mass is 9.87. The van der Waals surface area contributed by atoms with Crippen molar-refractivity contribution in [2.75, 3.05) is 19.6 Å². The topological polar surface area (TPSA) is 15.3 Å². The molecule has 19 heavy (non-hydrogen) atoms. The molecule has 1 heterocycles. The van der Waals surface area contributed by atoms with Crippen LogP contribution in [0.1, 0.15) is 45.2 Å². The van der Waals surface area contributed by atoms with E-state index in [-0.39, 0.29) is 5.41 Å². The van der Waals surface area contributed by atoms with Crippen molar-refractivity contribution < 1.29 is 0 Å². The van der Waals surface area contributed by atoms with Crippen molar-refractivity contribution in [3.8, 4) is 0 Å². The van der Waals surface area contributed by atoms with Gasteiger partial charge < -0.3 is 5.32 Å². The van der Waals surface area contributed by atoms with Gasteiger partial charge in [-0.2, -0.15) is 0 Å². The summed E-state index contributed by atoms with van der Waals surface area (Å²) in [6.07, 6.45) is 1.22. The predicted molar refractivity (Wildman–Crippen MR) is 82.5 cm³/mol. The molecule has 2 heteroatoms. The van der Waals surface area contributed by atoms with Crippen LogP contribution in [0.5, 0.6) is 0 Å². The molecule has 1 saturated heterocycles. The third-order valence-electron chi connectivity index (χ3n) is 4.06. The number of benzene rings is 1. The normalized spacial score (nSPS) is 21.6. The van der Waals surface area contributed by atoms with Gasteiger partial charge in [0.05, 0.1) is 0 Å². The maximum atomic E-state index is 3.57. The first-order valence-electron chi connectivity index (χ1n) is 7.54. The summed E-state index contributed by atoms with van der Waals surface area (Å²) in [4.78, 5) is 2.57. The molecule has 0 radical (unpaired) electrons. The Morgan fingerprint density at radius 1 is 1.21 bits per heavy atom. The van der Waals surface area contributed by atoms with Gasteiger partial charge >= 0.3 is 0 Å². The quantitative estimate of drug-likeness (QED) is 0.898. The molecule has 1 atom stereocenters. The standard InChI is InChI=1S/C17H28N2/c1-5-16-13-19(11-10-18-16)12-14-6-8-15(9-7-14)17(2,3)4/h6-9,16,18H,5,10-13H2,1-4H3. The molecule has 1 unspecified atom stereocenters. The van der Waals surface area contributed by atoms with E-state index in [9.17, 15) is 0 Å². The minimum Gasteiger partial charge on any atom is -0.311 e. The van der Waals surface area contributed by atoms with Gasteiger partial charge in [0.1, 0.15) is 0 Å². The lowest BCUT2D eigenvalue weighted by Gasteiger charge is -2.33. The van der Waals surface area contributed by atoms with E-state index in [2.05, 4.69) is 62.2 Å². The van der Waals surface area contributed by atoms with Crippen LogP contribution in [0.25, 0.3) is 0 Å². The van der Waals surface area contributed by atoms with Crippen molar-refractivity contribution in [2.45, 2.75) is 52.1 Å². The summed E-state index contributed by atoms with van der Waals surface area (Å²) in [5.74, 6) is 0. The second-order valence-corrected chi connectivity index (χ2v) is 6.74. The summed E-state index contributed by atoms with van der Waals surface area (Å²) in [5.41, 5.74) is 3.11. The Morgan fingerprint density at radius 2 is 1.89 bits per heavy atom. The Labute approximate surface area is 118 Å². The third-order valence-corrected chi connectivity index (χ3v) is 4.06. The molecule has 0 bridgehead atoms. The highest BCUT2D eigenvalue weighted by Crippen LogP contribution is 2.22. The average molecular weight is 260 g/mol. The van der Waals surface area contributed by atoms with Crippen LogP contribution in [0.4, 0.5) is 0 Å². The molecule has 1 aliphatic heterocycles. The van der Waals surface area contributed by atoms with Gasteiger partial charge in [-0.3, -0.25) is 4.90 Å². The lowest BCUT2D eigenvalue weighted by Crippen LogP contribution is -2.49. The maximum absolute atomic E-state index is 3.57. The van der Waals surface area contributed by atoms with E-state index >= 15 is 0 Å². The zero-order valence-corrected chi connectivity index (χ0v) is 12.9. The number of nitrogens with zero attached hydrogens (tertiary/aromatic N) is 1. The fourth-order valence-electron chi connectivity index (χ4n) is 2.68. The molecular weight excluding hydrogens is 232 g/mol. The van der Waals surface area contributed by atoms with Gasteiger partial charge in [-0.25, -0.2) is 0 Å². The van der Waals surface area contributed by atoms with E-state index < -0.39 is 0 Å². The minimum absolute atomic E-state index is 0.251. The molecule has 0 spiro atoms. The molecule has 1 N–H and O–H groups in total. The van der Waals surface area contributed by atoms with Crippen LogP contribution in [-0.2, 0) is 12.0 Å². The first-order valence-corrected chi connectivity index (χ1v) is 7.54. The van der Waals surface area contributed by atoms with Crippen molar-refractivity contribution in [1.82, 2.24) is 10.2 Å². The average Bonchev–Trinajstić information content (AvgIpc) is 2.38. The number of rotatable bonds is 3. The van der Waals surface area contributed by atoms with E-state index in [4.69, 9.17) is 0 Å². The van der Waals surface area contributed by atoms with Gasteiger partial charge in [0, 0.05) is 32.2 Å². The summed E-state index contributed by atoms with van der Waals surface area (Å²) in [6.45, 7) is 13.6. The van der Waals surface area contributed by atoms with Gasteiger partial charge in [0.25, 0.3) is 0 Å². The molecule has 1 aromatic rings. The predicted octanol–water partition coefficient (Wildman–Crippen LogP) is 3.17. The molecule has 106 valence electrons. The van der Waals surface area contributed by atoms with Crippen molar-refractivity contribution >= 4 is 0 Å². The molecular formula is C17H28N2. The van der Waals surface area contributed by atoms with E-state index in [0.717, 1.165) is 19.6 Å². The van der Waals surface area contributed by atoms with Crippen LogP contribution in [0.15, 0.2) is 24.3 Å². The van der Waals surface area contributed by atoms with Crippen molar-refractivity contribution in [3.05, 3.63) is 35.4 Å². The molecule has 2 nitrogen and oxygen atoms in total. The summed E-state index contributed by atoms with van der Waals surface area (Å²) in [5, 5.41) is 3.57. The van der Waals surface area contributed by atoms with E-state index in [1.807, 2.05) is 0 Å². The molecule has 1 fully saturated rings. The van der Waals surface area contributed by atoms with E-state index in [1.165, 1.54) is 24.1 Å². The number of nitrogens with one attached hydrogen (secondary N) is 1. The maximum Gasteiger partial charge on any atom is 0.0234 e. The van der Waals surface area contributed by atoms with Gasteiger partial charge in [0.15, 0.2) is 0 Å². The summed E-state index contributed by atoms with van der Waals surface area (Å²) < 4.78 is 0. The molecule has 0 aromatic heterocycles. The molecule has 1 aliphatic rings. The van der Waals surface area contributed by atoms with Crippen LogP contribution < -0.4 is 5.32 Å². The fraction of sp³-hybridized carbons (Fsp3) is 0.647. The van der Waals surface area contributed by atoms with Gasteiger partial charge in [-0.1, -0.05) is 52.0 Å². The third kappa shape index (κ3) is 4.05. The molecule has 0 aliphatic carbocycles. The summed E-state index contributed by atoms with van der Waals surface area (Å²) in [7, 11) is 0. The van der Waals surface area contributed by atoms with E-state index in [1.54, 1.807) is 0 Å². The Morgan fingerprint density at radius 3 is 2.47 bits per heavy atom. The zero-order chi connectivity index (χ0) is 13.9. The van der Waals surface area contributed by atoms with Gasteiger partial charge in [0.2, 0.25) is 0 Å². The molecule has 1 aromatic carbocycles. The Bertz CT molecular complexity index is 389. The highest BCUT2D eigenvalue weighted by molar-refractivity contribution is 5.27. The summed E-state index contributed by atoms with van der Waals surface area (Å²) in [6, 6.07) is 9.83. The Kier molecular flexibility index (Phi) is 4.64. The Balaban J connectivity index is 1.96. The van der Waals surface area contributed by atoms with Crippen LogP contribution in [0, 0.1) is 0 Å². The van der Waals surface area contributed by atoms with Gasteiger partial charge in [-0.05, 0) is 23.0 Å². The van der Waals surface area contributed by atoms with E-state index in [0.29, 0.717) is 6.04 Å². The van der Waals surface area contributed by atoms with Crippen molar-refractivity contribution in [2.24, 2.45) is 0 Å². The van der Waals surface area contributed by atoms with Crippen LogP contribution in [-0.4, -0.2) is 30.6 Å². The van der Waals surface area contributed by atoms with Crippen LogP contribution in [0.2, 0.25) is 0 Å². The second-order valence-electron chi connectivity index (χ2n) is 6.74. The number of hydrogen-bond donors (Lipinski definition) is 1. The van der Waals surface area contributed by atoms with Crippen molar-refractivity contribution in [3.63, 3.8) is 0 Å². The highest BCUT2D eigenvalue weighted by atomic mass is 15.2. The van der Waals surface area contributed by atoms with Crippen molar-refractivity contribution in [1.29, 1.82) is 0 Å². The number of hydrogen-bond acceptors (Lipinski definition) is 2.